The van der Waals surface area contributed by atoms with Crippen LogP contribution in [0.4, 0.5) is 0 Å². The lowest BCUT2D eigenvalue weighted by Crippen LogP contribution is -2.44. The second-order valence-electron chi connectivity index (χ2n) is 5.87. The zero-order chi connectivity index (χ0) is 18.6. The summed E-state index contributed by atoms with van der Waals surface area (Å²) in [5.74, 6) is -1.48. The van der Waals surface area contributed by atoms with E-state index in [4.69, 9.17) is 4.74 Å². The Kier molecular flexibility index (Phi) is 6.15. The van der Waals surface area contributed by atoms with E-state index in [1.54, 1.807) is 0 Å². The van der Waals surface area contributed by atoms with Crippen molar-refractivity contribution in [1.29, 1.82) is 0 Å². The molecule has 0 saturated heterocycles. The van der Waals surface area contributed by atoms with Crippen LogP contribution in [0.5, 0.6) is 0 Å². The molecule has 1 aromatic rings. The number of carbonyl (C=O) groups is 2. The van der Waals surface area contributed by atoms with Gasteiger partial charge in [0.2, 0.25) is 10.0 Å². The van der Waals surface area contributed by atoms with Crippen LogP contribution in [-0.4, -0.2) is 62.6 Å². The van der Waals surface area contributed by atoms with E-state index in [-0.39, 0.29) is 29.7 Å². The van der Waals surface area contributed by atoms with E-state index < -0.39 is 27.9 Å². The molecular formula is C16H22N2O6S. The fourth-order valence-corrected chi connectivity index (χ4v) is 3.43. The first-order chi connectivity index (χ1) is 11.8. The summed E-state index contributed by atoms with van der Waals surface area (Å²) in [5.41, 5.74) is 0.260. The highest BCUT2D eigenvalue weighted by Crippen LogP contribution is 2.30. The van der Waals surface area contributed by atoms with Crippen LogP contribution in [0, 0.1) is 0 Å². The molecule has 1 aliphatic rings. The third kappa shape index (κ3) is 4.77. The quantitative estimate of drug-likeness (QED) is 0.619. The van der Waals surface area contributed by atoms with Gasteiger partial charge in [0.25, 0.3) is 5.91 Å². The number of carbonyl (C=O) groups excluding carboxylic acids is 1. The van der Waals surface area contributed by atoms with Gasteiger partial charge in [0.15, 0.2) is 0 Å². The first kappa shape index (κ1) is 19.4. The first-order valence-corrected chi connectivity index (χ1v) is 9.40. The summed E-state index contributed by atoms with van der Waals surface area (Å²) < 4.78 is 31.4. The fraction of sp³-hybridized carbons (Fsp3) is 0.500. The maximum atomic E-state index is 12.6. The molecule has 9 heteroatoms. The molecule has 0 bridgehead atoms. The Balaban J connectivity index is 2.15. The molecule has 1 unspecified atom stereocenters. The van der Waals surface area contributed by atoms with E-state index in [1.165, 1.54) is 43.2 Å². The summed E-state index contributed by atoms with van der Waals surface area (Å²) in [7, 11) is -2.21. The molecule has 2 N–H and O–H groups in total. The molecule has 0 aliphatic heterocycles. The van der Waals surface area contributed by atoms with E-state index in [0.29, 0.717) is 0 Å². The minimum absolute atomic E-state index is 0.0319. The van der Waals surface area contributed by atoms with Gasteiger partial charge in [-0.15, -0.1) is 0 Å². The summed E-state index contributed by atoms with van der Waals surface area (Å²) in [6.45, 7) is 1.86. The molecule has 1 aromatic carbocycles. The zero-order valence-corrected chi connectivity index (χ0v) is 15.0. The van der Waals surface area contributed by atoms with Gasteiger partial charge in [-0.1, -0.05) is 0 Å². The lowest BCUT2D eigenvalue weighted by atomic mass is 10.1. The van der Waals surface area contributed by atoms with E-state index in [9.17, 15) is 23.1 Å². The zero-order valence-electron chi connectivity index (χ0n) is 14.1. The number of carboxylic acid groups (broad SMARTS) is 1. The number of benzene rings is 1. The standard InChI is InChI=1S/C16H22N2O6S/c1-11(16(20)21)18(13-5-6-13)15(19)12-3-7-14(8-4-12)25(22,23)17-9-10-24-2/h3-4,7-8,11,13,17H,5-6,9-10H2,1-2H3,(H,20,21). The van der Waals surface area contributed by atoms with Gasteiger partial charge in [-0.3, -0.25) is 4.79 Å². The predicted octanol–water partition coefficient (Wildman–Crippen LogP) is 0.689. The Morgan fingerprint density at radius 3 is 2.40 bits per heavy atom. The van der Waals surface area contributed by atoms with Gasteiger partial charge < -0.3 is 14.7 Å². The third-order valence-corrected chi connectivity index (χ3v) is 5.44. The number of hydrogen-bond donors (Lipinski definition) is 2. The van der Waals surface area contributed by atoms with Crippen molar-refractivity contribution in [2.24, 2.45) is 0 Å². The van der Waals surface area contributed by atoms with Crippen LogP contribution in [-0.2, 0) is 19.6 Å². The lowest BCUT2D eigenvalue weighted by molar-refractivity contribution is -0.141. The Labute approximate surface area is 146 Å². The number of rotatable bonds is 9. The molecule has 1 atom stereocenters. The molecule has 0 heterocycles. The highest BCUT2D eigenvalue weighted by Gasteiger charge is 2.38. The van der Waals surface area contributed by atoms with E-state index in [1.807, 2.05) is 0 Å². The van der Waals surface area contributed by atoms with Crippen molar-refractivity contribution in [1.82, 2.24) is 9.62 Å². The molecule has 0 aromatic heterocycles. The monoisotopic (exact) mass is 370 g/mol. The predicted molar refractivity (Wildman–Crippen MR) is 89.8 cm³/mol. The molecule has 138 valence electrons. The van der Waals surface area contributed by atoms with Crippen molar-refractivity contribution < 1.29 is 27.9 Å². The lowest BCUT2D eigenvalue weighted by Gasteiger charge is -2.26. The van der Waals surface area contributed by atoms with Crippen LogP contribution >= 0.6 is 0 Å². The second-order valence-corrected chi connectivity index (χ2v) is 7.64. The summed E-state index contributed by atoms with van der Waals surface area (Å²) >= 11 is 0. The fourth-order valence-electron chi connectivity index (χ4n) is 2.42. The second kappa shape index (κ2) is 7.94. The highest BCUT2D eigenvalue weighted by molar-refractivity contribution is 7.89. The molecule has 1 amide bonds. The largest absolute Gasteiger partial charge is 0.480 e. The summed E-state index contributed by atoms with van der Waals surface area (Å²) in [6.07, 6.45) is 1.55. The minimum Gasteiger partial charge on any atom is -0.480 e. The number of carboxylic acids is 1. The van der Waals surface area contributed by atoms with Crippen molar-refractivity contribution in [2.75, 3.05) is 20.3 Å². The Morgan fingerprint density at radius 1 is 1.32 bits per heavy atom. The number of nitrogens with zero attached hydrogens (tertiary/aromatic N) is 1. The Bertz CT molecular complexity index is 727. The minimum atomic E-state index is -3.68. The molecule has 8 nitrogen and oxygen atoms in total. The number of ether oxygens (including phenoxy) is 1. The van der Waals surface area contributed by atoms with Crippen LogP contribution in [0.25, 0.3) is 0 Å². The van der Waals surface area contributed by atoms with Crippen molar-refractivity contribution in [3.8, 4) is 0 Å². The van der Waals surface area contributed by atoms with Gasteiger partial charge in [0.05, 0.1) is 11.5 Å². The molecule has 1 saturated carbocycles. The van der Waals surface area contributed by atoms with Gasteiger partial charge in [-0.25, -0.2) is 17.9 Å². The van der Waals surface area contributed by atoms with Gasteiger partial charge in [0.1, 0.15) is 6.04 Å². The maximum Gasteiger partial charge on any atom is 0.326 e. The third-order valence-electron chi connectivity index (χ3n) is 3.96. The topological polar surface area (TPSA) is 113 Å². The number of hydrogen-bond acceptors (Lipinski definition) is 5. The van der Waals surface area contributed by atoms with Crippen molar-refractivity contribution in [3.63, 3.8) is 0 Å². The first-order valence-electron chi connectivity index (χ1n) is 7.92. The van der Waals surface area contributed by atoms with E-state index in [0.717, 1.165) is 12.8 Å². The number of amides is 1. The molecule has 0 spiro atoms. The maximum absolute atomic E-state index is 12.6. The molecule has 2 rings (SSSR count). The van der Waals surface area contributed by atoms with Crippen molar-refractivity contribution >= 4 is 21.9 Å². The SMILES string of the molecule is COCCNS(=O)(=O)c1ccc(C(=O)N(C2CC2)C(C)C(=O)O)cc1. The van der Waals surface area contributed by atoms with Gasteiger partial charge in [0, 0.05) is 25.3 Å². The van der Waals surface area contributed by atoms with Gasteiger partial charge in [-0.2, -0.15) is 0 Å². The average Bonchev–Trinajstić information content (AvgIpc) is 3.40. The van der Waals surface area contributed by atoms with E-state index in [2.05, 4.69) is 4.72 Å². The van der Waals surface area contributed by atoms with Crippen molar-refractivity contribution in [3.05, 3.63) is 29.8 Å². The number of aliphatic carboxylic acids is 1. The normalized spacial score (nSPS) is 15.6. The number of nitrogens with one attached hydrogen (secondary N) is 1. The van der Waals surface area contributed by atoms with Crippen LogP contribution in [0.15, 0.2) is 29.2 Å². The molecule has 0 radical (unpaired) electrons. The smallest absolute Gasteiger partial charge is 0.326 e. The van der Waals surface area contributed by atoms with Gasteiger partial charge >= 0.3 is 5.97 Å². The summed E-state index contributed by atoms with van der Waals surface area (Å²) in [4.78, 5) is 25.2. The molecule has 1 aliphatic carbocycles. The summed E-state index contributed by atoms with van der Waals surface area (Å²) in [6, 6.07) is 4.46. The van der Waals surface area contributed by atoms with Crippen LogP contribution in [0.3, 0.4) is 0 Å². The highest BCUT2D eigenvalue weighted by atomic mass is 32.2. The Hall–Kier alpha value is -1.97. The van der Waals surface area contributed by atoms with Crippen LogP contribution in [0.2, 0.25) is 0 Å². The molecular weight excluding hydrogens is 348 g/mol. The molecule has 25 heavy (non-hydrogen) atoms. The Morgan fingerprint density at radius 2 is 1.92 bits per heavy atom. The van der Waals surface area contributed by atoms with Crippen molar-refractivity contribution in [2.45, 2.75) is 36.7 Å². The van der Waals surface area contributed by atoms with Crippen LogP contribution < -0.4 is 4.72 Å². The van der Waals surface area contributed by atoms with Gasteiger partial charge in [-0.05, 0) is 44.0 Å². The van der Waals surface area contributed by atoms with E-state index >= 15 is 0 Å². The number of sulfonamides is 1. The average molecular weight is 370 g/mol. The molecule has 1 fully saturated rings. The summed E-state index contributed by atoms with van der Waals surface area (Å²) in [5, 5.41) is 9.19. The van der Waals surface area contributed by atoms with Crippen LogP contribution in [0.1, 0.15) is 30.1 Å². The number of methoxy groups -OCH3 is 1.